The topological polar surface area (TPSA) is 114 Å². The molecule has 4 rings (SSSR count). The van der Waals surface area contributed by atoms with Crippen LogP contribution in [-0.2, 0) is 4.79 Å². The van der Waals surface area contributed by atoms with Crippen LogP contribution in [0.15, 0.2) is 77.0 Å². The van der Waals surface area contributed by atoms with Gasteiger partial charge in [-0.05, 0) is 56.3 Å². The van der Waals surface area contributed by atoms with Gasteiger partial charge in [-0.25, -0.2) is 5.43 Å². The number of aromatic nitrogens is 3. The van der Waals surface area contributed by atoms with Crippen LogP contribution in [0.25, 0.3) is 17.1 Å². The minimum atomic E-state index is -0.323. The van der Waals surface area contributed by atoms with Gasteiger partial charge in [-0.1, -0.05) is 30.0 Å². The summed E-state index contributed by atoms with van der Waals surface area (Å²) in [5.74, 6) is 1.60. The summed E-state index contributed by atoms with van der Waals surface area (Å²) in [6, 6.07) is 20.6. The van der Waals surface area contributed by atoms with Crippen molar-refractivity contribution in [2.45, 2.75) is 19.0 Å². The number of hydrogen-bond acceptors (Lipinski definition) is 9. The molecular formula is C29H32N6O4S. The van der Waals surface area contributed by atoms with Crippen LogP contribution in [-0.4, -0.2) is 65.1 Å². The van der Waals surface area contributed by atoms with Crippen molar-refractivity contribution in [3.63, 3.8) is 0 Å². The summed E-state index contributed by atoms with van der Waals surface area (Å²) in [6.45, 7) is 5.79. The Labute approximate surface area is 237 Å². The second-order valence-electron chi connectivity index (χ2n) is 8.54. The fraction of sp³-hybridized carbons (Fsp3) is 0.241. The van der Waals surface area contributed by atoms with E-state index in [9.17, 15) is 9.90 Å². The molecule has 10 nitrogen and oxygen atoms in total. The molecule has 0 bridgehead atoms. The van der Waals surface area contributed by atoms with Crippen LogP contribution in [0.2, 0.25) is 0 Å². The van der Waals surface area contributed by atoms with Gasteiger partial charge in [0, 0.05) is 41.7 Å². The predicted octanol–water partition coefficient (Wildman–Crippen LogP) is 4.75. The molecule has 0 saturated heterocycles. The number of methoxy groups -OCH3 is 2. The maximum Gasteiger partial charge on any atom is 0.250 e. The Balaban J connectivity index is 1.48. The summed E-state index contributed by atoms with van der Waals surface area (Å²) in [5.41, 5.74) is 5.58. The van der Waals surface area contributed by atoms with E-state index < -0.39 is 0 Å². The summed E-state index contributed by atoms with van der Waals surface area (Å²) < 4.78 is 12.7. The van der Waals surface area contributed by atoms with Crippen molar-refractivity contribution < 1.29 is 19.4 Å². The highest BCUT2D eigenvalue weighted by atomic mass is 32.2. The Morgan fingerprint density at radius 1 is 1.02 bits per heavy atom. The number of nitrogens with zero attached hydrogens (tertiary/aromatic N) is 5. The van der Waals surface area contributed by atoms with Crippen LogP contribution in [0, 0.1) is 0 Å². The number of nitrogens with one attached hydrogen (secondary N) is 1. The fourth-order valence-electron chi connectivity index (χ4n) is 4.10. The standard InChI is InChI=1S/C29H32N6O4S/c1-5-34(6-2)23-14-12-21(24(36)17-23)18-30-31-27(37)19-40-29-33-32-28(35(29)22-10-8-7-9-11-22)20-13-15-25(38-3)26(16-20)39-4/h7-18,36H,5-6,19H2,1-4H3,(H,31,37)/b30-18-. The van der Waals surface area contributed by atoms with Gasteiger partial charge < -0.3 is 19.5 Å². The number of amides is 1. The van der Waals surface area contributed by atoms with Gasteiger partial charge in [0.2, 0.25) is 0 Å². The van der Waals surface area contributed by atoms with Crippen LogP contribution >= 0.6 is 11.8 Å². The SMILES string of the molecule is CCN(CC)c1ccc(/C=N\NC(=O)CSc2nnc(-c3ccc(OC)c(OC)c3)n2-c2ccccc2)c(O)c1. The average molecular weight is 561 g/mol. The van der Waals surface area contributed by atoms with E-state index in [1.165, 1.54) is 18.0 Å². The zero-order valence-electron chi connectivity index (χ0n) is 22.9. The number of carbonyl (C=O) groups excluding carboxylic acids is 1. The molecule has 0 unspecified atom stereocenters. The number of anilines is 1. The summed E-state index contributed by atoms with van der Waals surface area (Å²) in [4.78, 5) is 14.7. The smallest absolute Gasteiger partial charge is 0.250 e. The first kappa shape index (κ1) is 28.5. The molecule has 40 heavy (non-hydrogen) atoms. The van der Waals surface area contributed by atoms with Crippen molar-refractivity contribution in [2.75, 3.05) is 38.0 Å². The van der Waals surface area contributed by atoms with E-state index in [1.807, 2.05) is 59.2 Å². The quantitative estimate of drug-likeness (QED) is 0.145. The molecule has 3 aromatic carbocycles. The first-order valence-electron chi connectivity index (χ1n) is 12.7. The van der Waals surface area contributed by atoms with Gasteiger partial charge in [0.1, 0.15) is 5.75 Å². The average Bonchev–Trinajstić information content (AvgIpc) is 3.42. The number of hydrazone groups is 1. The highest BCUT2D eigenvalue weighted by molar-refractivity contribution is 7.99. The van der Waals surface area contributed by atoms with Gasteiger partial charge >= 0.3 is 0 Å². The minimum absolute atomic E-state index is 0.0567. The third-order valence-electron chi connectivity index (χ3n) is 6.16. The lowest BCUT2D eigenvalue weighted by molar-refractivity contribution is -0.118. The Morgan fingerprint density at radius 3 is 2.45 bits per heavy atom. The van der Waals surface area contributed by atoms with Crippen molar-refractivity contribution in [3.8, 4) is 34.3 Å². The van der Waals surface area contributed by atoms with Crippen LogP contribution < -0.4 is 19.8 Å². The van der Waals surface area contributed by atoms with Crippen molar-refractivity contribution in [1.82, 2.24) is 20.2 Å². The zero-order chi connectivity index (χ0) is 28.5. The van der Waals surface area contributed by atoms with E-state index in [0.29, 0.717) is 28.0 Å². The number of para-hydroxylation sites is 1. The summed E-state index contributed by atoms with van der Waals surface area (Å²) in [5, 5.41) is 23.7. The molecule has 1 amide bonds. The third-order valence-corrected chi connectivity index (χ3v) is 7.09. The largest absolute Gasteiger partial charge is 0.507 e. The number of ether oxygens (including phenoxy) is 2. The molecule has 0 aliphatic carbocycles. The number of phenols is 1. The summed E-state index contributed by atoms with van der Waals surface area (Å²) >= 11 is 1.24. The second kappa shape index (κ2) is 13.5. The number of thioether (sulfide) groups is 1. The van der Waals surface area contributed by atoms with Crippen molar-refractivity contribution in [1.29, 1.82) is 0 Å². The Kier molecular flexibility index (Phi) is 9.63. The van der Waals surface area contributed by atoms with Crippen LogP contribution in [0.5, 0.6) is 17.2 Å². The predicted molar refractivity (Wildman–Crippen MR) is 158 cm³/mol. The van der Waals surface area contributed by atoms with Crippen molar-refractivity contribution >= 4 is 29.6 Å². The number of carbonyl (C=O) groups is 1. The van der Waals surface area contributed by atoms with Gasteiger partial charge in [0.25, 0.3) is 5.91 Å². The molecule has 0 spiro atoms. The molecule has 4 aromatic rings. The van der Waals surface area contributed by atoms with Gasteiger partial charge in [-0.2, -0.15) is 5.10 Å². The van der Waals surface area contributed by atoms with Gasteiger partial charge in [-0.15, -0.1) is 10.2 Å². The maximum absolute atomic E-state index is 12.6. The van der Waals surface area contributed by atoms with E-state index in [4.69, 9.17) is 9.47 Å². The number of aromatic hydroxyl groups is 1. The van der Waals surface area contributed by atoms with Crippen molar-refractivity contribution in [3.05, 3.63) is 72.3 Å². The molecule has 11 heteroatoms. The highest BCUT2D eigenvalue weighted by Crippen LogP contribution is 2.34. The van der Waals surface area contributed by atoms with E-state index in [2.05, 4.69) is 39.5 Å². The zero-order valence-corrected chi connectivity index (χ0v) is 23.7. The normalized spacial score (nSPS) is 11.0. The Hall–Kier alpha value is -4.51. The molecule has 2 N–H and O–H groups in total. The van der Waals surface area contributed by atoms with E-state index in [-0.39, 0.29) is 17.4 Å². The minimum Gasteiger partial charge on any atom is -0.507 e. The Morgan fingerprint density at radius 2 is 1.77 bits per heavy atom. The van der Waals surface area contributed by atoms with E-state index in [1.54, 1.807) is 26.4 Å². The van der Waals surface area contributed by atoms with Gasteiger partial charge in [-0.3, -0.25) is 9.36 Å². The van der Waals surface area contributed by atoms with Crippen LogP contribution in [0.3, 0.4) is 0 Å². The van der Waals surface area contributed by atoms with Crippen LogP contribution in [0.4, 0.5) is 5.69 Å². The lowest BCUT2D eigenvalue weighted by atomic mass is 10.2. The lowest BCUT2D eigenvalue weighted by Gasteiger charge is -2.21. The molecule has 0 aliphatic heterocycles. The second-order valence-corrected chi connectivity index (χ2v) is 9.49. The molecule has 208 valence electrons. The van der Waals surface area contributed by atoms with Gasteiger partial charge in [0.05, 0.1) is 26.2 Å². The molecule has 1 heterocycles. The molecule has 1 aromatic heterocycles. The summed E-state index contributed by atoms with van der Waals surface area (Å²) in [7, 11) is 3.16. The number of rotatable bonds is 12. The van der Waals surface area contributed by atoms with E-state index >= 15 is 0 Å². The van der Waals surface area contributed by atoms with Crippen LogP contribution in [0.1, 0.15) is 19.4 Å². The summed E-state index contributed by atoms with van der Waals surface area (Å²) in [6.07, 6.45) is 1.42. The maximum atomic E-state index is 12.6. The molecule has 0 fully saturated rings. The first-order chi connectivity index (χ1) is 19.5. The first-order valence-corrected chi connectivity index (χ1v) is 13.7. The highest BCUT2D eigenvalue weighted by Gasteiger charge is 2.19. The molecule has 0 saturated carbocycles. The number of phenolic OH excluding ortho intramolecular Hbond substituents is 1. The number of hydrogen-bond donors (Lipinski definition) is 2. The Bertz CT molecular complexity index is 1470. The molecule has 0 radical (unpaired) electrons. The monoisotopic (exact) mass is 560 g/mol. The van der Waals surface area contributed by atoms with Gasteiger partial charge in [0.15, 0.2) is 22.5 Å². The lowest BCUT2D eigenvalue weighted by Crippen LogP contribution is -2.21. The molecular weight excluding hydrogens is 528 g/mol. The third kappa shape index (κ3) is 6.55. The van der Waals surface area contributed by atoms with E-state index in [0.717, 1.165) is 30.0 Å². The molecule has 0 aliphatic rings. The number of benzene rings is 3. The fourth-order valence-corrected chi connectivity index (χ4v) is 4.84. The van der Waals surface area contributed by atoms with Crippen molar-refractivity contribution in [2.24, 2.45) is 5.10 Å². The molecule has 0 atom stereocenters.